The predicted molar refractivity (Wildman–Crippen MR) is 158 cm³/mol. The van der Waals surface area contributed by atoms with E-state index < -0.39 is 5.97 Å². The minimum Gasteiger partial charge on any atom is -0.490 e. The quantitative estimate of drug-likeness (QED) is 0.0982. The molecule has 1 rings (SSSR count). The molecule has 37 heavy (non-hydrogen) atoms. The molecular weight excluding hydrogens is 460 g/mol. The Bertz CT molecular complexity index is 698. The van der Waals surface area contributed by atoms with Crippen LogP contribution in [0, 0.1) is 0 Å². The Labute approximate surface area is 228 Å². The number of ether oxygens (including phenoxy) is 2. The number of carboxylic acids is 1. The Kier molecular flexibility index (Phi) is 21.8. The maximum absolute atomic E-state index is 10.9. The van der Waals surface area contributed by atoms with Crippen LogP contribution in [0.15, 0.2) is 24.3 Å². The predicted octanol–water partition coefficient (Wildman–Crippen LogP) is 10.4. The van der Waals surface area contributed by atoms with Crippen molar-refractivity contribution in [3.63, 3.8) is 0 Å². The van der Waals surface area contributed by atoms with E-state index in [1.807, 2.05) is 18.2 Å². The summed E-state index contributed by atoms with van der Waals surface area (Å²) in [6, 6.07) is 5.69. The van der Waals surface area contributed by atoms with Crippen LogP contribution in [0.5, 0.6) is 11.5 Å². The Balaban J connectivity index is 2.32. The van der Waals surface area contributed by atoms with Gasteiger partial charge in [0.25, 0.3) is 0 Å². The highest BCUT2D eigenvalue weighted by Gasteiger charge is 2.07. The summed E-state index contributed by atoms with van der Waals surface area (Å²) in [7, 11) is 0. The standard InChI is InChI=1S/C33H56O4/c1-3-5-7-9-11-13-15-17-19-21-27-36-31-25-23-30(24-26-33(34)35)29-32(31)37-28-22-20-18-16-14-12-10-8-6-4-2/h23-26,29H,3-22,27-28H2,1-2H3,(H,34,35)/b26-24+. The van der Waals surface area contributed by atoms with Gasteiger partial charge in [-0.15, -0.1) is 0 Å². The highest BCUT2D eigenvalue weighted by Crippen LogP contribution is 2.30. The number of rotatable bonds is 26. The largest absolute Gasteiger partial charge is 0.490 e. The zero-order chi connectivity index (χ0) is 26.8. The van der Waals surface area contributed by atoms with Crippen LogP contribution in [0.4, 0.5) is 0 Å². The maximum Gasteiger partial charge on any atom is 0.328 e. The fourth-order valence-electron chi connectivity index (χ4n) is 4.57. The number of hydrogen-bond donors (Lipinski definition) is 1. The van der Waals surface area contributed by atoms with E-state index in [1.165, 1.54) is 116 Å². The van der Waals surface area contributed by atoms with Crippen LogP contribution in [0.1, 0.15) is 148 Å². The molecule has 0 bridgehead atoms. The van der Waals surface area contributed by atoms with Gasteiger partial charge in [-0.2, -0.15) is 0 Å². The molecule has 0 saturated heterocycles. The highest BCUT2D eigenvalue weighted by molar-refractivity contribution is 5.85. The number of carboxylic acid groups (broad SMARTS) is 1. The average molecular weight is 517 g/mol. The molecule has 4 heteroatoms. The van der Waals surface area contributed by atoms with E-state index in [9.17, 15) is 4.79 Å². The lowest BCUT2D eigenvalue weighted by molar-refractivity contribution is -0.131. The first-order valence-corrected chi connectivity index (χ1v) is 15.5. The summed E-state index contributed by atoms with van der Waals surface area (Å²) in [5, 5.41) is 8.94. The number of benzene rings is 1. The molecule has 0 fully saturated rings. The fraction of sp³-hybridized carbons (Fsp3) is 0.727. The van der Waals surface area contributed by atoms with Gasteiger partial charge in [-0.3, -0.25) is 0 Å². The Hall–Kier alpha value is -1.97. The Morgan fingerprint density at radius 1 is 0.622 bits per heavy atom. The van der Waals surface area contributed by atoms with Crippen LogP contribution in [0.3, 0.4) is 0 Å². The monoisotopic (exact) mass is 516 g/mol. The fourth-order valence-corrected chi connectivity index (χ4v) is 4.57. The van der Waals surface area contributed by atoms with Crippen molar-refractivity contribution in [2.75, 3.05) is 13.2 Å². The second-order valence-electron chi connectivity index (χ2n) is 10.4. The van der Waals surface area contributed by atoms with Crippen molar-refractivity contribution in [3.05, 3.63) is 29.8 Å². The van der Waals surface area contributed by atoms with Gasteiger partial charge in [0, 0.05) is 6.08 Å². The van der Waals surface area contributed by atoms with Crippen molar-refractivity contribution in [1.29, 1.82) is 0 Å². The van der Waals surface area contributed by atoms with Crippen molar-refractivity contribution < 1.29 is 19.4 Å². The van der Waals surface area contributed by atoms with Gasteiger partial charge in [-0.25, -0.2) is 4.79 Å². The minimum absolute atomic E-state index is 0.664. The van der Waals surface area contributed by atoms with E-state index in [4.69, 9.17) is 14.6 Å². The molecule has 0 aliphatic carbocycles. The van der Waals surface area contributed by atoms with E-state index in [-0.39, 0.29) is 0 Å². The summed E-state index contributed by atoms with van der Waals surface area (Å²) in [6.45, 7) is 5.88. The molecule has 0 aliphatic heterocycles. The molecule has 0 spiro atoms. The smallest absolute Gasteiger partial charge is 0.328 e. The van der Waals surface area contributed by atoms with Crippen molar-refractivity contribution in [2.45, 2.75) is 142 Å². The van der Waals surface area contributed by atoms with Crippen molar-refractivity contribution in [3.8, 4) is 11.5 Å². The number of hydrogen-bond acceptors (Lipinski definition) is 3. The first-order valence-electron chi connectivity index (χ1n) is 15.5. The zero-order valence-electron chi connectivity index (χ0n) is 24.1. The van der Waals surface area contributed by atoms with Crippen LogP contribution < -0.4 is 9.47 Å². The number of aliphatic carboxylic acids is 1. The summed E-state index contributed by atoms with van der Waals surface area (Å²) in [5.41, 5.74) is 0.812. The van der Waals surface area contributed by atoms with Crippen molar-refractivity contribution in [1.82, 2.24) is 0 Å². The van der Waals surface area contributed by atoms with Crippen LogP contribution in [0.2, 0.25) is 0 Å². The van der Waals surface area contributed by atoms with E-state index in [1.54, 1.807) is 6.08 Å². The van der Waals surface area contributed by atoms with Crippen LogP contribution in [-0.2, 0) is 4.79 Å². The second-order valence-corrected chi connectivity index (χ2v) is 10.4. The molecule has 0 saturated carbocycles. The molecule has 0 radical (unpaired) electrons. The van der Waals surface area contributed by atoms with Crippen LogP contribution in [0.25, 0.3) is 6.08 Å². The molecule has 1 aromatic rings. The SMILES string of the molecule is CCCCCCCCCCCCOc1ccc(/C=C/C(=O)O)cc1OCCCCCCCCCCCC. The first-order chi connectivity index (χ1) is 18.2. The molecule has 0 aliphatic rings. The highest BCUT2D eigenvalue weighted by atomic mass is 16.5. The summed E-state index contributed by atoms with van der Waals surface area (Å²) >= 11 is 0. The second kappa shape index (κ2) is 24.4. The Morgan fingerprint density at radius 2 is 1.03 bits per heavy atom. The van der Waals surface area contributed by atoms with Crippen molar-refractivity contribution >= 4 is 12.0 Å². The molecule has 212 valence electrons. The van der Waals surface area contributed by atoms with Crippen LogP contribution >= 0.6 is 0 Å². The number of carbonyl (C=O) groups is 1. The topological polar surface area (TPSA) is 55.8 Å². The summed E-state index contributed by atoms with van der Waals surface area (Å²) in [6.07, 6.45) is 28.7. The van der Waals surface area contributed by atoms with E-state index in [2.05, 4.69) is 13.8 Å². The van der Waals surface area contributed by atoms with Gasteiger partial charge in [0.05, 0.1) is 13.2 Å². The van der Waals surface area contributed by atoms with E-state index in [0.29, 0.717) is 13.2 Å². The molecule has 0 unspecified atom stereocenters. The van der Waals surface area contributed by atoms with Crippen molar-refractivity contribution in [2.24, 2.45) is 0 Å². The molecular formula is C33H56O4. The van der Waals surface area contributed by atoms with E-state index in [0.717, 1.165) is 36.0 Å². The Morgan fingerprint density at radius 3 is 1.46 bits per heavy atom. The summed E-state index contributed by atoms with van der Waals surface area (Å²) in [5.74, 6) is 0.528. The minimum atomic E-state index is -0.950. The molecule has 0 amide bonds. The van der Waals surface area contributed by atoms with Crippen LogP contribution in [-0.4, -0.2) is 24.3 Å². The third kappa shape index (κ3) is 19.8. The summed E-state index contributed by atoms with van der Waals surface area (Å²) < 4.78 is 12.2. The van der Waals surface area contributed by atoms with E-state index >= 15 is 0 Å². The van der Waals surface area contributed by atoms with Gasteiger partial charge in [-0.1, -0.05) is 135 Å². The summed E-state index contributed by atoms with van der Waals surface area (Å²) in [4.78, 5) is 10.9. The lowest BCUT2D eigenvalue weighted by Gasteiger charge is -2.14. The molecule has 0 heterocycles. The lowest BCUT2D eigenvalue weighted by atomic mass is 10.1. The third-order valence-corrected chi connectivity index (χ3v) is 6.90. The zero-order valence-corrected chi connectivity index (χ0v) is 24.1. The van der Waals surface area contributed by atoms with Gasteiger partial charge >= 0.3 is 5.97 Å². The molecule has 4 nitrogen and oxygen atoms in total. The van der Waals surface area contributed by atoms with Gasteiger partial charge in [0.2, 0.25) is 0 Å². The van der Waals surface area contributed by atoms with Gasteiger partial charge in [0.1, 0.15) is 0 Å². The molecule has 0 aromatic heterocycles. The normalized spacial score (nSPS) is 11.3. The number of unbranched alkanes of at least 4 members (excludes halogenated alkanes) is 18. The average Bonchev–Trinajstić information content (AvgIpc) is 2.90. The third-order valence-electron chi connectivity index (χ3n) is 6.90. The van der Waals surface area contributed by atoms with Gasteiger partial charge in [0.15, 0.2) is 11.5 Å². The first kappa shape index (κ1) is 33.1. The van der Waals surface area contributed by atoms with Gasteiger partial charge in [-0.05, 0) is 36.6 Å². The molecule has 0 atom stereocenters. The maximum atomic E-state index is 10.9. The lowest BCUT2D eigenvalue weighted by Crippen LogP contribution is -2.03. The van der Waals surface area contributed by atoms with Gasteiger partial charge < -0.3 is 14.6 Å². The molecule has 1 aromatic carbocycles. The molecule has 1 N–H and O–H groups in total.